The first kappa shape index (κ1) is 12.7. The fourth-order valence-electron chi connectivity index (χ4n) is 2.18. The van der Waals surface area contributed by atoms with Crippen molar-refractivity contribution in [2.45, 2.75) is 12.5 Å². The van der Waals surface area contributed by atoms with Gasteiger partial charge in [-0.05, 0) is 11.6 Å². The first-order chi connectivity index (χ1) is 9.63. The Labute approximate surface area is 114 Å². The number of nitrogens with two attached hydrogens (primary N) is 1. The maximum absolute atomic E-state index is 13.6. The largest absolute Gasteiger partial charge is 0.487 e. The van der Waals surface area contributed by atoms with Crippen molar-refractivity contribution in [1.29, 1.82) is 0 Å². The predicted octanol–water partition coefficient (Wildman–Crippen LogP) is 2.93. The summed E-state index contributed by atoms with van der Waals surface area (Å²) < 4.78 is 37.8. The number of fused-ring (bicyclic) bond motifs is 1. The summed E-state index contributed by atoms with van der Waals surface area (Å²) in [7, 11) is 0. The van der Waals surface area contributed by atoms with Crippen molar-refractivity contribution in [3.63, 3.8) is 0 Å². The molecule has 2 N–H and O–H groups in total. The van der Waals surface area contributed by atoms with Crippen molar-refractivity contribution in [3.8, 4) is 11.5 Å². The van der Waals surface area contributed by atoms with E-state index in [1.165, 1.54) is 0 Å². The van der Waals surface area contributed by atoms with Crippen LogP contribution in [-0.2, 0) is 6.42 Å². The molecule has 1 heterocycles. The highest BCUT2D eigenvalue weighted by Crippen LogP contribution is 2.29. The minimum absolute atomic E-state index is 0.148. The van der Waals surface area contributed by atoms with Gasteiger partial charge in [-0.1, -0.05) is 18.2 Å². The lowest BCUT2D eigenvalue weighted by Gasteiger charge is -2.13. The summed E-state index contributed by atoms with van der Waals surface area (Å²) in [6.45, 7) is 0.148. The van der Waals surface area contributed by atoms with Gasteiger partial charge in [-0.2, -0.15) is 0 Å². The van der Waals surface area contributed by atoms with E-state index in [-0.39, 0.29) is 24.1 Å². The average molecular weight is 277 g/mol. The quantitative estimate of drug-likeness (QED) is 0.877. The third-order valence-electron chi connectivity index (χ3n) is 3.19. The molecule has 1 unspecified atom stereocenters. The summed E-state index contributed by atoms with van der Waals surface area (Å²) in [5.41, 5.74) is 6.12. The molecule has 0 aliphatic carbocycles. The lowest BCUT2D eigenvalue weighted by molar-refractivity contribution is 0.145. The average Bonchev–Trinajstić information content (AvgIpc) is 2.84. The third-order valence-corrected chi connectivity index (χ3v) is 3.19. The van der Waals surface area contributed by atoms with Crippen LogP contribution in [0.1, 0.15) is 5.56 Å². The number of para-hydroxylation sites is 1. The Morgan fingerprint density at radius 1 is 1.20 bits per heavy atom. The van der Waals surface area contributed by atoms with E-state index in [1.807, 2.05) is 24.3 Å². The number of hydrogen-bond donors (Lipinski definition) is 1. The van der Waals surface area contributed by atoms with E-state index in [2.05, 4.69) is 0 Å². The third kappa shape index (κ3) is 2.39. The summed E-state index contributed by atoms with van der Waals surface area (Å²) in [6.07, 6.45) is 0.488. The molecule has 0 bridgehead atoms. The predicted molar refractivity (Wildman–Crippen MR) is 70.8 cm³/mol. The van der Waals surface area contributed by atoms with Gasteiger partial charge in [0.2, 0.25) is 0 Å². The number of rotatable bonds is 3. The number of halogens is 2. The topological polar surface area (TPSA) is 44.5 Å². The lowest BCUT2D eigenvalue weighted by atomic mass is 10.1. The Morgan fingerprint density at radius 2 is 2.00 bits per heavy atom. The fraction of sp³-hybridized carbons (Fsp3) is 0.200. The molecule has 0 fully saturated rings. The molecule has 20 heavy (non-hydrogen) atoms. The second-order valence-corrected chi connectivity index (χ2v) is 4.67. The van der Waals surface area contributed by atoms with Crippen molar-refractivity contribution >= 4 is 5.69 Å². The van der Waals surface area contributed by atoms with Crippen molar-refractivity contribution in [3.05, 3.63) is 53.6 Å². The summed E-state index contributed by atoms with van der Waals surface area (Å²) in [6, 6.07) is 9.52. The summed E-state index contributed by atoms with van der Waals surface area (Å²) >= 11 is 0. The number of nitrogen functional groups attached to an aromatic ring is 1. The zero-order valence-corrected chi connectivity index (χ0v) is 10.6. The first-order valence-corrected chi connectivity index (χ1v) is 6.25. The maximum Gasteiger partial charge on any atom is 0.167 e. The normalized spacial score (nSPS) is 16.6. The van der Waals surface area contributed by atoms with Crippen molar-refractivity contribution in [1.82, 2.24) is 0 Å². The molecule has 2 aromatic carbocycles. The van der Waals surface area contributed by atoms with E-state index in [0.717, 1.165) is 23.4 Å². The van der Waals surface area contributed by atoms with Gasteiger partial charge in [0.15, 0.2) is 11.6 Å². The van der Waals surface area contributed by atoms with Crippen LogP contribution in [0.3, 0.4) is 0 Å². The minimum atomic E-state index is -0.697. The van der Waals surface area contributed by atoms with Gasteiger partial charge in [-0.3, -0.25) is 0 Å². The molecule has 1 aliphatic heterocycles. The van der Waals surface area contributed by atoms with Gasteiger partial charge in [0.1, 0.15) is 24.3 Å². The summed E-state index contributed by atoms with van der Waals surface area (Å²) in [5, 5.41) is 0. The molecule has 2 aromatic rings. The Morgan fingerprint density at radius 3 is 2.80 bits per heavy atom. The smallest absolute Gasteiger partial charge is 0.167 e. The molecule has 0 spiro atoms. The minimum Gasteiger partial charge on any atom is -0.487 e. The van der Waals surface area contributed by atoms with Crippen LogP contribution in [0.2, 0.25) is 0 Å². The number of ether oxygens (including phenoxy) is 2. The molecule has 0 radical (unpaired) electrons. The molecule has 1 atom stereocenters. The van der Waals surface area contributed by atoms with Crippen molar-refractivity contribution in [2.24, 2.45) is 0 Å². The highest BCUT2D eigenvalue weighted by molar-refractivity contribution is 5.44. The van der Waals surface area contributed by atoms with Crippen LogP contribution < -0.4 is 15.2 Å². The maximum atomic E-state index is 13.6. The Balaban J connectivity index is 1.66. The van der Waals surface area contributed by atoms with Gasteiger partial charge < -0.3 is 15.2 Å². The van der Waals surface area contributed by atoms with Gasteiger partial charge in [-0.25, -0.2) is 8.78 Å². The molecule has 0 amide bonds. The van der Waals surface area contributed by atoms with Crippen molar-refractivity contribution in [2.75, 3.05) is 12.3 Å². The SMILES string of the molecule is Nc1cc(F)c(OCC2Cc3ccccc3O2)cc1F. The number of hydrogen-bond acceptors (Lipinski definition) is 3. The second kappa shape index (κ2) is 5.00. The highest BCUT2D eigenvalue weighted by Gasteiger charge is 2.23. The van der Waals surface area contributed by atoms with Gasteiger partial charge in [0, 0.05) is 18.6 Å². The zero-order chi connectivity index (χ0) is 14.1. The number of benzene rings is 2. The zero-order valence-electron chi connectivity index (χ0n) is 10.6. The van der Waals surface area contributed by atoms with E-state index >= 15 is 0 Å². The molecule has 3 rings (SSSR count). The van der Waals surface area contributed by atoms with Crippen LogP contribution in [-0.4, -0.2) is 12.7 Å². The van der Waals surface area contributed by atoms with Crippen LogP contribution in [0, 0.1) is 11.6 Å². The van der Waals surface area contributed by atoms with E-state index in [0.29, 0.717) is 6.42 Å². The van der Waals surface area contributed by atoms with Crippen LogP contribution in [0.4, 0.5) is 14.5 Å². The van der Waals surface area contributed by atoms with Gasteiger partial charge in [0.25, 0.3) is 0 Å². The molecular weight excluding hydrogens is 264 g/mol. The van der Waals surface area contributed by atoms with Crippen LogP contribution in [0.25, 0.3) is 0 Å². The molecular formula is C15H13F2NO2. The van der Waals surface area contributed by atoms with Gasteiger partial charge in [0.05, 0.1) is 5.69 Å². The van der Waals surface area contributed by atoms with E-state index in [1.54, 1.807) is 0 Å². The molecule has 0 saturated heterocycles. The number of anilines is 1. The molecule has 1 aliphatic rings. The van der Waals surface area contributed by atoms with Gasteiger partial charge in [-0.15, -0.1) is 0 Å². The highest BCUT2D eigenvalue weighted by atomic mass is 19.1. The first-order valence-electron chi connectivity index (χ1n) is 6.25. The standard InChI is InChI=1S/C15H13F2NO2/c16-11-7-15(12(17)6-13(11)18)19-8-10-5-9-3-1-2-4-14(9)20-10/h1-4,6-7,10H,5,8,18H2. The van der Waals surface area contributed by atoms with E-state index < -0.39 is 11.6 Å². The molecule has 0 saturated carbocycles. The summed E-state index contributed by atoms with van der Waals surface area (Å²) in [4.78, 5) is 0. The molecule has 104 valence electrons. The fourth-order valence-corrected chi connectivity index (χ4v) is 2.18. The Kier molecular flexibility index (Phi) is 3.18. The van der Waals surface area contributed by atoms with Gasteiger partial charge >= 0.3 is 0 Å². The monoisotopic (exact) mass is 277 g/mol. The Bertz CT molecular complexity index is 621. The van der Waals surface area contributed by atoms with Crippen LogP contribution in [0.5, 0.6) is 11.5 Å². The van der Waals surface area contributed by atoms with Crippen molar-refractivity contribution < 1.29 is 18.3 Å². The van der Waals surface area contributed by atoms with Crippen LogP contribution >= 0.6 is 0 Å². The van der Waals surface area contributed by atoms with E-state index in [9.17, 15) is 8.78 Å². The molecule has 3 nitrogen and oxygen atoms in total. The summed E-state index contributed by atoms with van der Waals surface area (Å²) in [5.74, 6) is -0.724. The molecule has 0 aromatic heterocycles. The Hall–Kier alpha value is -2.30. The second-order valence-electron chi connectivity index (χ2n) is 4.67. The van der Waals surface area contributed by atoms with Crippen LogP contribution in [0.15, 0.2) is 36.4 Å². The van der Waals surface area contributed by atoms with E-state index in [4.69, 9.17) is 15.2 Å². The molecule has 5 heteroatoms. The lowest BCUT2D eigenvalue weighted by Crippen LogP contribution is -2.22.